The number of likely N-dealkylation sites (tertiary alicyclic amines) is 1. The Balaban J connectivity index is 1.89. The summed E-state index contributed by atoms with van der Waals surface area (Å²) in [6.07, 6.45) is 2.95. The third-order valence-electron chi connectivity index (χ3n) is 4.31. The molecule has 2 aromatic heterocycles. The summed E-state index contributed by atoms with van der Waals surface area (Å²) < 4.78 is 8.20. The van der Waals surface area contributed by atoms with Crippen LogP contribution in [0.5, 0.6) is 0 Å². The van der Waals surface area contributed by atoms with Crippen molar-refractivity contribution in [3.8, 4) is 0 Å². The van der Waals surface area contributed by atoms with E-state index in [2.05, 4.69) is 37.7 Å². The van der Waals surface area contributed by atoms with Gasteiger partial charge in [0.1, 0.15) is 21.4 Å². The Morgan fingerprint density at radius 1 is 1.36 bits per heavy atom. The van der Waals surface area contributed by atoms with E-state index in [1.807, 2.05) is 32.4 Å². The number of halogens is 1. The first-order chi connectivity index (χ1) is 11.7. The fourth-order valence-corrected chi connectivity index (χ4v) is 3.82. The lowest BCUT2D eigenvalue weighted by atomic mass is 10.00. The number of hydrogen-bond acceptors (Lipinski definition) is 6. The number of fused-ring (bicyclic) bond motifs is 1. The van der Waals surface area contributed by atoms with Gasteiger partial charge in [0.25, 0.3) is 0 Å². The van der Waals surface area contributed by atoms with Crippen LogP contribution in [-0.4, -0.2) is 48.9 Å². The molecule has 2 atom stereocenters. The largest absolute Gasteiger partial charge is 0.444 e. The summed E-state index contributed by atoms with van der Waals surface area (Å²) in [4.78, 5) is 22.7. The van der Waals surface area contributed by atoms with Crippen LogP contribution in [0.4, 0.5) is 10.6 Å². The summed E-state index contributed by atoms with van der Waals surface area (Å²) in [5.74, 6) is 0.425. The van der Waals surface area contributed by atoms with E-state index in [1.165, 1.54) is 6.33 Å². The highest BCUT2D eigenvalue weighted by atomic mass is 127. The predicted molar refractivity (Wildman–Crippen MR) is 103 cm³/mol. The third kappa shape index (κ3) is 3.65. The van der Waals surface area contributed by atoms with Crippen LogP contribution in [-0.2, 0) is 4.74 Å². The van der Waals surface area contributed by atoms with Crippen molar-refractivity contribution >= 4 is 45.5 Å². The van der Waals surface area contributed by atoms with Crippen molar-refractivity contribution < 1.29 is 9.53 Å². The molecule has 0 saturated carbocycles. The zero-order chi connectivity index (χ0) is 18.4. The van der Waals surface area contributed by atoms with Crippen LogP contribution >= 0.6 is 22.6 Å². The second kappa shape index (κ2) is 6.58. The number of carbonyl (C=O) groups is 1. The number of nitrogen functional groups attached to an aromatic ring is 1. The number of carbonyl (C=O) groups excluding carboxylic acids is 1. The molecule has 1 amide bonds. The molecule has 0 spiro atoms. The average molecular weight is 458 g/mol. The van der Waals surface area contributed by atoms with Gasteiger partial charge in [-0.05, 0) is 63.1 Å². The minimum absolute atomic E-state index is 0.0315. The van der Waals surface area contributed by atoms with Crippen LogP contribution in [0.3, 0.4) is 0 Å². The number of hydrogen-bond donors (Lipinski definition) is 1. The lowest BCUT2D eigenvalue weighted by Crippen LogP contribution is -2.48. The van der Waals surface area contributed by atoms with Gasteiger partial charge in [0.2, 0.25) is 0 Å². The highest BCUT2D eigenvalue weighted by molar-refractivity contribution is 14.1. The number of amides is 1. The molecule has 2 unspecified atom stereocenters. The number of ether oxygens (including phenoxy) is 1. The Bertz CT molecular complexity index is 800. The maximum Gasteiger partial charge on any atom is 0.410 e. The number of anilines is 1. The smallest absolute Gasteiger partial charge is 0.410 e. The number of nitrogens with zero attached hydrogens (tertiary/aromatic N) is 5. The fourth-order valence-electron chi connectivity index (χ4n) is 3.07. The molecule has 136 valence electrons. The van der Waals surface area contributed by atoms with Crippen molar-refractivity contribution in [1.82, 2.24) is 24.6 Å². The molecule has 1 saturated heterocycles. The molecular weight excluding hydrogens is 435 g/mol. The zero-order valence-electron chi connectivity index (χ0n) is 14.9. The standard InChI is InChI=1S/C16H23IN6O2/c1-9-5-6-10(7-22(9)15(24)25-16(2,3)4)23-14-11(12(17)21-23)13(18)19-8-20-14/h8-10H,5-7H2,1-4H3,(H2,18,19,20). The molecule has 3 heterocycles. The molecule has 3 rings (SSSR count). The van der Waals surface area contributed by atoms with Crippen LogP contribution in [0.1, 0.15) is 46.6 Å². The lowest BCUT2D eigenvalue weighted by Gasteiger charge is -2.38. The van der Waals surface area contributed by atoms with Crippen LogP contribution < -0.4 is 5.73 Å². The molecular formula is C16H23IN6O2. The molecule has 1 aliphatic heterocycles. The highest BCUT2D eigenvalue weighted by Gasteiger charge is 2.34. The van der Waals surface area contributed by atoms with Gasteiger partial charge in [-0.25, -0.2) is 19.4 Å². The normalized spacial score (nSPS) is 21.6. The quantitative estimate of drug-likeness (QED) is 0.660. The van der Waals surface area contributed by atoms with Crippen molar-refractivity contribution in [1.29, 1.82) is 0 Å². The highest BCUT2D eigenvalue weighted by Crippen LogP contribution is 2.31. The van der Waals surface area contributed by atoms with Gasteiger partial charge in [-0.2, -0.15) is 5.10 Å². The molecule has 2 N–H and O–H groups in total. The van der Waals surface area contributed by atoms with Crippen molar-refractivity contribution in [2.24, 2.45) is 0 Å². The zero-order valence-corrected chi connectivity index (χ0v) is 17.0. The Kier molecular flexibility index (Phi) is 4.78. The number of nitrogens with two attached hydrogens (primary N) is 1. The second-order valence-electron chi connectivity index (χ2n) is 7.41. The number of aromatic nitrogens is 4. The number of rotatable bonds is 1. The molecule has 0 aliphatic carbocycles. The minimum atomic E-state index is -0.515. The lowest BCUT2D eigenvalue weighted by molar-refractivity contribution is 0.00582. The summed E-state index contributed by atoms with van der Waals surface area (Å²) >= 11 is 2.14. The van der Waals surface area contributed by atoms with E-state index in [0.29, 0.717) is 18.0 Å². The van der Waals surface area contributed by atoms with Gasteiger partial charge >= 0.3 is 6.09 Å². The van der Waals surface area contributed by atoms with E-state index < -0.39 is 5.60 Å². The monoisotopic (exact) mass is 458 g/mol. The first-order valence-electron chi connectivity index (χ1n) is 8.31. The molecule has 0 aromatic carbocycles. The van der Waals surface area contributed by atoms with Crippen molar-refractivity contribution in [3.05, 3.63) is 10.0 Å². The van der Waals surface area contributed by atoms with Crippen molar-refractivity contribution in [2.75, 3.05) is 12.3 Å². The van der Waals surface area contributed by atoms with Gasteiger partial charge in [0.15, 0.2) is 5.65 Å². The third-order valence-corrected chi connectivity index (χ3v) is 5.06. The first kappa shape index (κ1) is 18.2. The van der Waals surface area contributed by atoms with Crippen LogP contribution in [0.15, 0.2) is 6.33 Å². The van der Waals surface area contributed by atoms with Crippen LogP contribution in [0.25, 0.3) is 11.0 Å². The molecule has 0 radical (unpaired) electrons. The second-order valence-corrected chi connectivity index (χ2v) is 8.43. The van der Waals surface area contributed by atoms with Gasteiger partial charge in [-0.15, -0.1) is 0 Å². The summed E-state index contributed by atoms with van der Waals surface area (Å²) in [5.41, 5.74) is 6.17. The van der Waals surface area contributed by atoms with Gasteiger partial charge in [0.05, 0.1) is 11.4 Å². The van der Waals surface area contributed by atoms with Gasteiger partial charge in [-0.3, -0.25) is 0 Å². The molecule has 2 aromatic rings. The van der Waals surface area contributed by atoms with Crippen LogP contribution in [0, 0.1) is 3.70 Å². The maximum absolute atomic E-state index is 12.6. The van der Waals surface area contributed by atoms with E-state index in [1.54, 1.807) is 4.90 Å². The molecule has 1 aliphatic rings. The SMILES string of the molecule is CC1CCC(n2nc(I)c3c(N)ncnc32)CN1C(=O)OC(C)(C)C. The fraction of sp³-hybridized carbons (Fsp3) is 0.625. The van der Waals surface area contributed by atoms with Crippen molar-refractivity contribution in [3.63, 3.8) is 0 Å². The Morgan fingerprint density at radius 3 is 2.76 bits per heavy atom. The summed E-state index contributed by atoms with van der Waals surface area (Å²) in [7, 11) is 0. The molecule has 0 bridgehead atoms. The topological polar surface area (TPSA) is 99.2 Å². The van der Waals surface area contributed by atoms with E-state index >= 15 is 0 Å². The van der Waals surface area contributed by atoms with Gasteiger partial charge < -0.3 is 15.4 Å². The van der Waals surface area contributed by atoms with E-state index in [9.17, 15) is 4.79 Å². The van der Waals surface area contributed by atoms with Crippen LogP contribution in [0.2, 0.25) is 0 Å². The van der Waals surface area contributed by atoms with Gasteiger partial charge in [0, 0.05) is 12.6 Å². The van der Waals surface area contributed by atoms with E-state index in [0.717, 1.165) is 21.9 Å². The average Bonchev–Trinajstić information content (AvgIpc) is 2.84. The van der Waals surface area contributed by atoms with E-state index in [4.69, 9.17) is 10.5 Å². The minimum Gasteiger partial charge on any atom is -0.444 e. The van der Waals surface area contributed by atoms with Gasteiger partial charge in [-0.1, -0.05) is 0 Å². The Morgan fingerprint density at radius 2 is 2.08 bits per heavy atom. The Hall–Kier alpha value is -1.65. The molecule has 1 fully saturated rings. The predicted octanol–water partition coefficient (Wildman–Crippen LogP) is 2.97. The summed E-state index contributed by atoms with van der Waals surface area (Å²) in [6, 6.07) is 0.163. The maximum atomic E-state index is 12.6. The summed E-state index contributed by atoms with van der Waals surface area (Å²) in [5, 5.41) is 5.38. The van der Waals surface area contributed by atoms with E-state index in [-0.39, 0.29) is 18.2 Å². The Labute approximate surface area is 160 Å². The molecule has 8 nitrogen and oxygen atoms in total. The van der Waals surface area contributed by atoms with Crippen molar-refractivity contribution in [2.45, 2.75) is 58.2 Å². The first-order valence-corrected chi connectivity index (χ1v) is 9.39. The molecule has 9 heteroatoms. The number of piperidine rings is 1. The summed E-state index contributed by atoms with van der Waals surface area (Å²) in [6.45, 7) is 8.21. The molecule has 25 heavy (non-hydrogen) atoms.